The predicted octanol–water partition coefficient (Wildman–Crippen LogP) is 1.04. The summed E-state index contributed by atoms with van der Waals surface area (Å²) in [6, 6.07) is 3.50. The van der Waals surface area contributed by atoms with Gasteiger partial charge in [0.15, 0.2) is 0 Å². The van der Waals surface area contributed by atoms with Crippen molar-refractivity contribution < 1.29 is 14.6 Å². The molecule has 5 nitrogen and oxygen atoms in total. The zero-order valence-electron chi connectivity index (χ0n) is 12.2. The van der Waals surface area contributed by atoms with Crippen molar-refractivity contribution in [2.24, 2.45) is 5.92 Å². The molecule has 1 aromatic rings. The first-order chi connectivity index (χ1) is 9.52. The normalized spacial score (nSPS) is 23.9. The summed E-state index contributed by atoms with van der Waals surface area (Å²) in [4.78, 5) is 18.5. The van der Waals surface area contributed by atoms with Crippen molar-refractivity contribution in [1.82, 2.24) is 9.88 Å². The maximum Gasteiger partial charge on any atom is 0.230 e. The number of likely N-dealkylation sites (N-methyl/N-ethyl adjacent to an activating group) is 1. The van der Waals surface area contributed by atoms with E-state index >= 15 is 0 Å². The lowest BCUT2D eigenvalue weighted by Gasteiger charge is -2.31. The quantitative estimate of drug-likeness (QED) is 0.894. The van der Waals surface area contributed by atoms with E-state index in [1.807, 2.05) is 26.0 Å². The molecule has 5 heteroatoms. The highest BCUT2D eigenvalue weighted by Crippen LogP contribution is 2.27. The van der Waals surface area contributed by atoms with Crippen LogP contribution in [0.25, 0.3) is 0 Å². The number of hydrogen-bond acceptors (Lipinski definition) is 4. The third-order valence-corrected chi connectivity index (χ3v) is 3.84. The molecule has 20 heavy (non-hydrogen) atoms. The molecule has 3 atom stereocenters. The van der Waals surface area contributed by atoms with Crippen LogP contribution in [0.4, 0.5) is 0 Å². The van der Waals surface area contributed by atoms with Gasteiger partial charge >= 0.3 is 0 Å². The second-order valence-electron chi connectivity index (χ2n) is 5.63. The highest BCUT2D eigenvalue weighted by molar-refractivity contribution is 5.84. The number of rotatable bonds is 4. The Morgan fingerprint density at radius 1 is 1.50 bits per heavy atom. The number of carbonyl (C=O) groups excluding carboxylic acids is 1. The summed E-state index contributed by atoms with van der Waals surface area (Å²) >= 11 is 0. The van der Waals surface area contributed by atoms with Crippen molar-refractivity contribution in [1.29, 1.82) is 0 Å². The fraction of sp³-hybridized carbons (Fsp3) is 0.600. The monoisotopic (exact) mass is 278 g/mol. The number of amides is 1. The van der Waals surface area contributed by atoms with Gasteiger partial charge in [-0.2, -0.15) is 0 Å². The number of aromatic nitrogens is 1. The number of aliphatic hydroxyl groups excluding tert-OH is 1. The SMILES string of the molecule is CC(C)[C@H](C(=O)N(C)[C@@H]1COC[C@H]1O)c1cccnc1. The van der Waals surface area contributed by atoms with Gasteiger partial charge in [0, 0.05) is 19.4 Å². The second-order valence-corrected chi connectivity index (χ2v) is 5.63. The third kappa shape index (κ3) is 2.99. The molecule has 0 aromatic carbocycles. The molecule has 0 radical (unpaired) electrons. The van der Waals surface area contributed by atoms with Crippen LogP contribution in [0.3, 0.4) is 0 Å². The summed E-state index contributed by atoms with van der Waals surface area (Å²) in [5, 5.41) is 9.87. The average molecular weight is 278 g/mol. The molecule has 110 valence electrons. The van der Waals surface area contributed by atoms with E-state index in [1.54, 1.807) is 24.3 Å². The van der Waals surface area contributed by atoms with Crippen LogP contribution in [-0.2, 0) is 9.53 Å². The topological polar surface area (TPSA) is 62.7 Å². The summed E-state index contributed by atoms with van der Waals surface area (Å²) in [5.41, 5.74) is 0.910. The van der Waals surface area contributed by atoms with Crippen molar-refractivity contribution in [3.63, 3.8) is 0 Å². The molecule has 1 fully saturated rings. The van der Waals surface area contributed by atoms with E-state index in [-0.39, 0.29) is 23.8 Å². The molecule has 2 heterocycles. The number of carbonyl (C=O) groups is 1. The molecule has 2 rings (SSSR count). The Hall–Kier alpha value is -1.46. The number of ether oxygens (including phenoxy) is 1. The predicted molar refractivity (Wildman–Crippen MR) is 75.2 cm³/mol. The fourth-order valence-corrected chi connectivity index (χ4v) is 2.66. The van der Waals surface area contributed by atoms with Crippen LogP contribution in [0.15, 0.2) is 24.5 Å². The van der Waals surface area contributed by atoms with Crippen molar-refractivity contribution >= 4 is 5.91 Å². The van der Waals surface area contributed by atoms with E-state index in [1.165, 1.54) is 0 Å². The van der Waals surface area contributed by atoms with Crippen LogP contribution in [0.1, 0.15) is 25.3 Å². The molecule has 1 aliphatic heterocycles. The van der Waals surface area contributed by atoms with Gasteiger partial charge in [0.1, 0.15) is 0 Å². The van der Waals surface area contributed by atoms with Crippen molar-refractivity contribution in [3.8, 4) is 0 Å². The summed E-state index contributed by atoms with van der Waals surface area (Å²) in [6.45, 7) is 4.72. The summed E-state index contributed by atoms with van der Waals surface area (Å²) in [5.74, 6) is -0.0855. The van der Waals surface area contributed by atoms with Gasteiger partial charge in [-0.15, -0.1) is 0 Å². The van der Waals surface area contributed by atoms with Gasteiger partial charge in [-0.05, 0) is 17.5 Å². The molecule has 1 N–H and O–H groups in total. The van der Waals surface area contributed by atoms with E-state index < -0.39 is 6.10 Å². The average Bonchev–Trinajstić information content (AvgIpc) is 2.85. The molecular weight excluding hydrogens is 256 g/mol. The minimum absolute atomic E-state index is 0.00236. The van der Waals surface area contributed by atoms with Crippen molar-refractivity contribution in [2.45, 2.75) is 31.9 Å². The molecule has 0 spiro atoms. The fourth-order valence-electron chi connectivity index (χ4n) is 2.66. The molecule has 0 saturated carbocycles. The molecule has 1 amide bonds. The van der Waals surface area contributed by atoms with Crippen LogP contribution >= 0.6 is 0 Å². The Balaban J connectivity index is 2.19. The lowest BCUT2D eigenvalue weighted by Crippen LogP contribution is -2.46. The minimum atomic E-state index is -0.606. The summed E-state index contributed by atoms with van der Waals surface area (Å²) in [7, 11) is 1.73. The Labute approximate surface area is 119 Å². The third-order valence-electron chi connectivity index (χ3n) is 3.84. The number of pyridine rings is 1. The molecular formula is C15H22N2O3. The largest absolute Gasteiger partial charge is 0.388 e. The van der Waals surface area contributed by atoms with E-state index in [2.05, 4.69) is 4.98 Å². The molecule has 0 bridgehead atoms. The molecule has 1 saturated heterocycles. The van der Waals surface area contributed by atoms with Crippen LogP contribution in [0.2, 0.25) is 0 Å². The number of nitrogens with zero attached hydrogens (tertiary/aromatic N) is 2. The van der Waals surface area contributed by atoms with Gasteiger partial charge < -0.3 is 14.7 Å². The highest BCUT2D eigenvalue weighted by atomic mass is 16.5. The van der Waals surface area contributed by atoms with E-state index in [0.29, 0.717) is 13.2 Å². The van der Waals surface area contributed by atoms with Gasteiger partial charge in [0.25, 0.3) is 0 Å². The molecule has 1 aromatic heterocycles. The van der Waals surface area contributed by atoms with E-state index in [0.717, 1.165) is 5.56 Å². The highest BCUT2D eigenvalue weighted by Gasteiger charge is 2.36. The molecule has 1 aliphatic rings. The first-order valence-electron chi connectivity index (χ1n) is 6.94. The molecule has 0 aliphatic carbocycles. The van der Waals surface area contributed by atoms with Gasteiger partial charge in [-0.3, -0.25) is 9.78 Å². The summed E-state index contributed by atoms with van der Waals surface area (Å²) < 4.78 is 5.23. The van der Waals surface area contributed by atoms with Crippen LogP contribution in [-0.4, -0.2) is 53.3 Å². The van der Waals surface area contributed by atoms with Gasteiger partial charge in [0.05, 0.1) is 31.3 Å². The second kappa shape index (κ2) is 6.33. The molecule has 0 unspecified atom stereocenters. The van der Waals surface area contributed by atoms with Crippen molar-refractivity contribution in [2.75, 3.05) is 20.3 Å². The van der Waals surface area contributed by atoms with Crippen LogP contribution in [0.5, 0.6) is 0 Å². The van der Waals surface area contributed by atoms with Gasteiger partial charge in [0.2, 0.25) is 5.91 Å². The summed E-state index contributed by atoms with van der Waals surface area (Å²) in [6.07, 6.45) is 2.83. The lowest BCUT2D eigenvalue weighted by molar-refractivity contribution is -0.136. The Morgan fingerprint density at radius 3 is 2.75 bits per heavy atom. The number of aliphatic hydroxyl groups is 1. The standard InChI is InChI=1S/C15H22N2O3/c1-10(2)14(11-5-4-6-16-7-11)15(19)17(3)12-8-20-9-13(12)18/h4-7,10,12-14,18H,8-9H2,1-3H3/t12-,13-,14+/m1/s1. The first-order valence-corrected chi connectivity index (χ1v) is 6.94. The Bertz CT molecular complexity index is 450. The zero-order chi connectivity index (χ0) is 14.7. The Morgan fingerprint density at radius 2 is 2.25 bits per heavy atom. The lowest BCUT2D eigenvalue weighted by atomic mass is 9.87. The number of hydrogen-bond donors (Lipinski definition) is 1. The first kappa shape index (κ1) is 14.9. The minimum Gasteiger partial charge on any atom is -0.388 e. The van der Waals surface area contributed by atoms with E-state index in [9.17, 15) is 9.90 Å². The maximum atomic E-state index is 12.7. The van der Waals surface area contributed by atoms with Crippen LogP contribution < -0.4 is 0 Å². The van der Waals surface area contributed by atoms with E-state index in [4.69, 9.17) is 4.74 Å². The van der Waals surface area contributed by atoms with Gasteiger partial charge in [-0.25, -0.2) is 0 Å². The van der Waals surface area contributed by atoms with Gasteiger partial charge in [-0.1, -0.05) is 19.9 Å². The van der Waals surface area contributed by atoms with Crippen molar-refractivity contribution in [3.05, 3.63) is 30.1 Å². The zero-order valence-corrected chi connectivity index (χ0v) is 12.2. The maximum absolute atomic E-state index is 12.7. The Kier molecular flexibility index (Phi) is 4.73. The smallest absolute Gasteiger partial charge is 0.230 e. The van der Waals surface area contributed by atoms with Crippen LogP contribution in [0, 0.1) is 5.92 Å².